The van der Waals surface area contributed by atoms with Gasteiger partial charge in [-0.2, -0.15) is 0 Å². The molecule has 0 aliphatic carbocycles. The first-order valence-corrected chi connectivity index (χ1v) is 6.30. The first-order valence-electron chi connectivity index (χ1n) is 5.51. The Balaban J connectivity index is 2.80. The Kier molecular flexibility index (Phi) is 4.74. The van der Waals surface area contributed by atoms with E-state index in [1.54, 1.807) is 12.4 Å². The SMILES string of the molecule is CC(C)(C)C(CCN)Nc1ccncc1Br. The smallest absolute Gasteiger partial charge is 0.0590 e. The van der Waals surface area contributed by atoms with Crippen LogP contribution in [-0.4, -0.2) is 17.6 Å². The second-order valence-electron chi connectivity index (χ2n) is 5.00. The molecule has 4 heteroatoms. The Morgan fingerprint density at radius 2 is 2.19 bits per heavy atom. The quantitative estimate of drug-likeness (QED) is 0.894. The number of halogens is 1. The molecule has 0 aliphatic heterocycles. The minimum Gasteiger partial charge on any atom is -0.381 e. The standard InChI is InChI=1S/C12H20BrN3/c1-12(2,3)11(4-6-14)16-10-5-7-15-8-9(10)13/h5,7-8,11H,4,6,14H2,1-3H3,(H,15,16). The highest BCUT2D eigenvalue weighted by atomic mass is 79.9. The number of aromatic nitrogens is 1. The summed E-state index contributed by atoms with van der Waals surface area (Å²) in [6.45, 7) is 7.35. The van der Waals surface area contributed by atoms with Gasteiger partial charge in [-0.25, -0.2) is 0 Å². The summed E-state index contributed by atoms with van der Waals surface area (Å²) in [4.78, 5) is 4.05. The van der Waals surface area contributed by atoms with Crippen LogP contribution in [-0.2, 0) is 0 Å². The van der Waals surface area contributed by atoms with Crippen molar-refractivity contribution < 1.29 is 0 Å². The molecule has 3 nitrogen and oxygen atoms in total. The molecule has 1 aromatic heterocycles. The summed E-state index contributed by atoms with van der Waals surface area (Å²) < 4.78 is 0.987. The number of nitrogens with zero attached hydrogens (tertiary/aromatic N) is 1. The molecule has 1 heterocycles. The molecule has 0 amide bonds. The number of pyridine rings is 1. The first-order chi connectivity index (χ1) is 7.45. The predicted octanol–water partition coefficient (Wildman–Crippen LogP) is 3.02. The van der Waals surface area contributed by atoms with Crippen LogP contribution >= 0.6 is 15.9 Å². The van der Waals surface area contributed by atoms with Crippen molar-refractivity contribution in [2.24, 2.45) is 11.1 Å². The molecule has 1 rings (SSSR count). The van der Waals surface area contributed by atoms with E-state index in [0.717, 1.165) is 16.6 Å². The molecule has 1 unspecified atom stereocenters. The number of nitrogens with one attached hydrogen (secondary N) is 1. The van der Waals surface area contributed by atoms with Crippen LogP contribution in [0.1, 0.15) is 27.2 Å². The molecule has 16 heavy (non-hydrogen) atoms. The minimum absolute atomic E-state index is 0.183. The summed E-state index contributed by atoms with van der Waals surface area (Å²) in [6, 6.07) is 2.33. The summed E-state index contributed by atoms with van der Waals surface area (Å²) >= 11 is 3.49. The van der Waals surface area contributed by atoms with Gasteiger partial charge in [-0.1, -0.05) is 20.8 Å². The molecule has 0 aliphatic rings. The highest BCUT2D eigenvalue weighted by Gasteiger charge is 2.24. The zero-order valence-electron chi connectivity index (χ0n) is 10.1. The second-order valence-corrected chi connectivity index (χ2v) is 5.85. The van der Waals surface area contributed by atoms with E-state index in [2.05, 4.69) is 47.0 Å². The van der Waals surface area contributed by atoms with Crippen LogP contribution in [0.3, 0.4) is 0 Å². The van der Waals surface area contributed by atoms with Gasteiger partial charge in [0, 0.05) is 18.4 Å². The lowest BCUT2D eigenvalue weighted by Gasteiger charge is -2.32. The molecule has 0 fully saturated rings. The fraction of sp³-hybridized carbons (Fsp3) is 0.583. The summed E-state index contributed by atoms with van der Waals surface area (Å²) in [7, 11) is 0. The molecular weight excluding hydrogens is 266 g/mol. The van der Waals surface area contributed by atoms with Crippen molar-refractivity contribution in [2.75, 3.05) is 11.9 Å². The highest BCUT2D eigenvalue weighted by Crippen LogP contribution is 2.28. The van der Waals surface area contributed by atoms with Gasteiger partial charge in [0.1, 0.15) is 0 Å². The lowest BCUT2D eigenvalue weighted by molar-refractivity contribution is 0.328. The summed E-state index contributed by atoms with van der Waals surface area (Å²) in [6.07, 6.45) is 4.54. The van der Waals surface area contributed by atoms with Gasteiger partial charge in [-0.05, 0) is 40.4 Å². The number of rotatable bonds is 4. The molecule has 0 bridgehead atoms. The summed E-state index contributed by atoms with van der Waals surface area (Å²) in [5.74, 6) is 0. The largest absolute Gasteiger partial charge is 0.381 e. The Bertz CT molecular complexity index is 333. The van der Waals surface area contributed by atoms with Crippen LogP contribution in [0.4, 0.5) is 5.69 Å². The van der Waals surface area contributed by atoms with Gasteiger partial charge in [0.2, 0.25) is 0 Å². The Labute approximate surface area is 106 Å². The van der Waals surface area contributed by atoms with Crippen molar-refractivity contribution >= 4 is 21.6 Å². The van der Waals surface area contributed by atoms with Gasteiger partial charge < -0.3 is 11.1 Å². The molecule has 0 saturated carbocycles. The van der Waals surface area contributed by atoms with E-state index in [-0.39, 0.29) is 5.41 Å². The van der Waals surface area contributed by atoms with Gasteiger partial charge in [0.25, 0.3) is 0 Å². The average molecular weight is 286 g/mol. The van der Waals surface area contributed by atoms with Crippen molar-refractivity contribution in [2.45, 2.75) is 33.2 Å². The van der Waals surface area contributed by atoms with Crippen molar-refractivity contribution in [1.82, 2.24) is 4.98 Å². The van der Waals surface area contributed by atoms with Crippen molar-refractivity contribution in [3.05, 3.63) is 22.9 Å². The van der Waals surface area contributed by atoms with Crippen LogP contribution in [0, 0.1) is 5.41 Å². The zero-order chi connectivity index (χ0) is 12.2. The predicted molar refractivity (Wildman–Crippen MR) is 72.5 cm³/mol. The molecule has 0 aromatic carbocycles. The molecular formula is C12H20BrN3. The summed E-state index contributed by atoms with van der Waals surface area (Å²) in [5, 5.41) is 3.52. The summed E-state index contributed by atoms with van der Waals surface area (Å²) in [5.41, 5.74) is 6.91. The lowest BCUT2D eigenvalue weighted by Crippen LogP contribution is -2.36. The van der Waals surface area contributed by atoms with Gasteiger partial charge >= 0.3 is 0 Å². The molecule has 0 radical (unpaired) electrons. The Hall–Kier alpha value is -0.610. The number of hydrogen-bond donors (Lipinski definition) is 2. The van der Waals surface area contributed by atoms with Crippen LogP contribution in [0.15, 0.2) is 22.9 Å². The maximum absolute atomic E-state index is 5.65. The van der Waals surface area contributed by atoms with Crippen LogP contribution in [0.5, 0.6) is 0 Å². The second kappa shape index (κ2) is 5.64. The molecule has 90 valence electrons. The van der Waals surface area contributed by atoms with Crippen LogP contribution in [0.25, 0.3) is 0 Å². The minimum atomic E-state index is 0.183. The highest BCUT2D eigenvalue weighted by molar-refractivity contribution is 9.10. The maximum atomic E-state index is 5.65. The molecule has 0 saturated heterocycles. The number of anilines is 1. The molecule has 0 spiro atoms. The fourth-order valence-corrected chi connectivity index (χ4v) is 1.93. The van der Waals surface area contributed by atoms with E-state index >= 15 is 0 Å². The van der Waals surface area contributed by atoms with Crippen LogP contribution in [0.2, 0.25) is 0 Å². The topological polar surface area (TPSA) is 50.9 Å². The lowest BCUT2D eigenvalue weighted by atomic mass is 9.84. The Morgan fingerprint density at radius 1 is 1.50 bits per heavy atom. The maximum Gasteiger partial charge on any atom is 0.0590 e. The van der Waals surface area contributed by atoms with E-state index < -0.39 is 0 Å². The third kappa shape index (κ3) is 3.76. The van der Waals surface area contributed by atoms with Crippen molar-refractivity contribution in [1.29, 1.82) is 0 Å². The van der Waals surface area contributed by atoms with Crippen molar-refractivity contribution in [3.63, 3.8) is 0 Å². The fourth-order valence-electron chi connectivity index (χ4n) is 1.57. The third-order valence-electron chi connectivity index (χ3n) is 2.60. The first kappa shape index (κ1) is 13.5. The number of hydrogen-bond acceptors (Lipinski definition) is 3. The van der Waals surface area contributed by atoms with E-state index in [0.29, 0.717) is 12.6 Å². The normalized spacial score (nSPS) is 13.6. The average Bonchev–Trinajstić information content (AvgIpc) is 2.19. The van der Waals surface area contributed by atoms with Gasteiger partial charge in [0.05, 0.1) is 10.2 Å². The molecule has 3 N–H and O–H groups in total. The molecule has 1 aromatic rings. The van der Waals surface area contributed by atoms with Crippen molar-refractivity contribution in [3.8, 4) is 0 Å². The third-order valence-corrected chi connectivity index (χ3v) is 3.23. The van der Waals surface area contributed by atoms with Gasteiger partial charge in [-0.3, -0.25) is 4.98 Å². The van der Waals surface area contributed by atoms with E-state index in [9.17, 15) is 0 Å². The monoisotopic (exact) mass is 285 g/mol. The van der Waals surface area contributed by atoms with E-state index in [1.165, 1.54) is 0 Å². The number of nitrogens with two attached hydrogens (primary N) is 1. The van der Waals surface area contributed by atoms with Crippen LogP contribution < -0.4 is 11.1 Å². The van der Waals surface area contributed by atoms with E-state index in [4.69, 9.17) is 5.73 Å². The van der Waals surface area contributed by atoms with E-state index in [1.807, 2.05) is 6.07 Å². The van der Waals surface area contributed by atoms with Gasteiger partial charge in [-0.15, -0.1) is 0 Å². The molecule has 1 atom stereocenters. The zero-order valence-corrected chi connectivity index (χ0v) is 11.7. The Morgan fingerprint density at radius 3 is 2.69 bits per heavy atom. The van der Waals surface area contributed by atoms with Gasteiger partial charge in [0.15, 0.2) is 0 Å².